The zero-order chi connectivity index (χ0) is 29.1. The number of benzene rings is 4. The predicted molar refractivity (Wildman–Crippen MR) is 151 cm³/mol. The summed E-state index contributed by atoms with van der Waals surface area (Å²) in [6.45, 7) is 6.74. The van der Waals surface area contributed by atoms with Crippen molar-refractivity contribution in [2.75, 3.05) is 0 Å². The predicted octanol–water partition coefficient (Wildman–Crippen LogP) is 6.96. The Morgan fingerprint density at radius 1 is 0.537 bits per heavy atom. The average molecular weight is 573 g/mol. The number of carbonyl (C=O) groups excluding carboxylic acids is 2. The smallest absolute Gasteiger partial charge is 0.443 e. The SMILES string of the molecule is C=CC(=O)Oc1ccc(OC(Oc2ccccc2)P(=O)(Oc2ccccc2)Oc2ccc(OC(=O)C=C)cc2)cc1. The Balaban J connectivity index is 1.68. The third-order valence-electron chi connectivity index (χ3n) is 5.10. The van der Waals surface area contributed by atoms with Gasteiger partial charge in [-0.1, -0.05) is 49.6 Å². The van der Waals surface area contributed by atoms with E-state index in [0.29, 0.717) is 5.75 Å². The second-order valence-corrected chi connectivity index (χ2v) is 9.95. The van der Waals surface area contributed by atoms with Gasteiger partial charge < -0.3 is 28.0 Å². The van der Waals surface area contributed by atoms with E-state index < -0.39 is 25.6 Å². The van der Waals surface area contributed by atoms with Crippen LogP contribution in [0.3, 0.4) is 0 Å². The van der Waals surface area contributed by atoms with Gasteiger partial charge in [-0.3, -0.25) is 0 Å². The molecule has 0 radical (unpaired) electrons. The Morgan fingerprint density at radius 3 is 1.32 bits per heavy atom. The molecule has 0 amide bonds. The van der Waals surface area contributed by atoms with Crippen LogP contribution in [0.15, 0.2) is 135 Å². The first kappa shape index (κ1) is 28.7. The van der Waals surface area contributed by atoms with Crippen LogP contribution in [0.4, 0.5) is 0 Å². The van der Waals surface area contributed by atoms with Crippen molar-refractivity contribution in [3.8, 4) is 34.5 Å². The van der Waals surface area contributed by atoms with E-state index in [2.05, 4.69) is 13.2 Å². The lowest BCUT2D eigenvalue weighted by atomic mass is 10.3. The fourth-order valence-electron chi connectivity index (χ4n) is 3.24. The van der Waals surface area contributed by atoms with Crippen LogP contribution in [0.2, 0.25) is 0 Å². The van der Waals surface area contributed by atoms with Gasteiger partial charge in [-0.25, -0.2) is 14.2 Å². The van der Waals surface area contributed by atoms with Gasteiger partial charge in [0.2, 0.25) is 0 Å². The van der Waals surface area contributed by atoms with Crippen LogP contribution in [0.5, 0.6) is 34.5 Å². The van der Waals surface area contributed by atoms with Gasteiger partial charge in [0, 0.05) is 12.2 Å². The maximum absolute atomic E-state index is 14.5. The van der Waals surface area contributed by atoms with Crippen molar-refractivity contribution in [2.45, 2.75) is 6.03 Å². The Kier molecular flexibility index (Phi) is 9.59. The molecule has 4 aromatic carbocycles. The van der Waals surface area contributed by atoms with Crippen LogP contribution in [0.1, 0.15) is 0 Å². The summed E-state index contributed by atoms with van der Waals surface area (Å²) in [7, 11) is -4.36. The van der Waals surface area contributed by atoms with Crippen molar-refractivity contribution in [2.24, 2.45) is 0 Å². The summed E-state index contributed by atoms with van der Waals surface area (Å²) in [5, 5.41) is 0. The molecule has 2 unspecified atom stereocenters. The van der Waals surface area contributed by atoms with Gasteiger partial charge in [0.25, 0.3) is 0 Å². The van der Waals surface area contributed by atoms with Crippen LogP contribution in [-0.4, -0.2) is 18.0 Å². The van der Waals surface area contributed by atoms with Crippen molar-refractivity contribution >= 4 is 19.5 Å². The van der Waals surface area contributed by atoms with Gasteiger partial charge in [0.15, 0.2) is 0 Å². The number of carbonyl (C=O) groups is 2. The number of rotatable bonds is 13. The largest absolute Gasteiger partial charge is 0.512 e. The fourth-order valence-corrected chi connectivity index (χ4v) is 4.78. The molecule has 0 bridgehead atoms. The van der Waals surface area contributed by atoms with Gasteiger partial charge in [-0.15, -0.1) is 0 Å². The van der Waals surface area contributed by atoms with E-state index in [1.54, 1.807) is 60.7 Å². The van der Waals surface area contributed by atoms with Gasteiger partial charge >= 0.3 is 25.6 Å². The Morgan fingerprint density at radius 2 is 0.878 bits per heavy atom. The second kappa shape index (κ2) is 13.7. The number of para-hydroxylation sites is 2. The molecule has 0 spiro atoms. The van der Waals surface area contributed by atoms with E-state index in [-0.39, 0.29) is 28.7 Å². The normalized spacial score (nSPS) is 12.5. The van der Waals surface area contributed by atoms with Crippen molar-refractivity contribution in [1.29, 1.82) is 0 Å². The molecule has 0 aliphatic carbocycles. The summed E-state index contributed by atoms with van der Waals surface area (Å²) in [5.74, 6) is 0.142. The van der Waals surface area contributed by atoms with E-state index in [0.717, 1.165) is 12.2 Å². The zero-order valence-corrected chi connectivity index (χ0v) is 22.6. The van der Waals surface area contributed by atoms with E-state index in [4.69, 9.17) is 28.0 Å². The highest BCUT2D eigenvalue weighted by Gasteiger charge is 2.44. The van der Waals surface area contributed by atoms with Gasteiger partial charge in [-0.2, -0.15) is 0 Å². The number of esters is 2. The van der Waals surface area contributed by atoms with Crippen molar-refractivity contribution < 1.29 is 42.1 Å². The third kappa shape index (κ3) is 8.36. The quantitative estimate of drug-likeness (QED) is 0.0552. The summed E-state index contributed by atoms with van der Waals surface area (Å²) >= 11 is 0. The number of ether oxygens (including phenoxy) is 4. The van der Waals surface area contributed by atoms with Crippen LogP contribution in [0.25, 0.3) is 0 Å². The zero-order valence-electron chi connectivity index (χ0n) is 21.7. The molecule has 208 valence electrons. The first-order valence-corrected chi connectivity index (χ1v) is 13.8. The molecule has 0 aliphatic heterocycles. The standard InChI is InChI=1S/C31H25O9P/c1-3-29(32)35-24-15-17-26(18-16-24)38-31(37-23-11-7-5-8-12-23)41(34,39-27-13-9-6-10-14-27)40-28-21-19-25(20-22-28)36-30(33)4-2/h3-22,31H,1-2H2. The van der Waals surface area contributed by atoms with Crippen LogP contribution in [-0.2, 0) is 14.2 Å². The third-order valence-corrected chi connectivity index (χ3v) is 6.76. The van der Waals surface area contributed by atoms with E-state index >= 15 is 0 Å². The number of hydrogen-bond donors (Lipinski definition) is 0. The highest BCUT2D eigenvalue weighted by atomic mass is 31.2. The summed E-state index contributed by atoms with van der Waals surface area (Å²) < 4.78 is 48.6. The highest BCUT2D eigenvalue weighted by Crippen LogP contribution is 2.54. The van der Waals surface area contributed by atoms with E-state index in [1.165, 1.54) is 48.5 Å². The number of hydrogen-bond acceptors (Lipinski definition) is 9. The molecular weight excluding hydrogens is 547 g/mol. The summed E-state index contributed by atoms with van der Waals surface area (Å²) in [4.78, 5) is 23.1. The molecule has 0 heterocycles. The molecule has 10 heteroatoms. The van der Waals surface area contributed by atoms with Gasteiger partial charge in [0.1, 0.15) is 34.5 Å². The van der Waals surface area contributed by atoms with Crippen molar-refractivity contribution in [1.82, 2.24) is 0 Å². The van der Waals surface area contributed by atoms with E-state index in [9.17, 15) is 14.2 Å². The molecule has 4 rings (SSSR count). The van der Waals surface area contributed by atoms with Crippen LogP contribution < -0.4 is 28.0 Å². The monoisotopic (exact) mass is 572 g/mol. The Labute approximate surface area is 236 Å². The first-order chi connectivity index (χ1) is 19.9. The summed E-state index contributed by atoms with van der Waals surface area (Å²) in [5.41, 5.74) is 0. The molecule has 4 aromatic rings. The molecular formula is C31H25O9P. The Hall–Kier alpha value is -5.27. The van der Waals surface area contributed by atoms with E-state index in [1.807, 2.05) is 0 Å². The second-order valence-electron chi connectivity index (χ2n) is 8.08. The summed E-state index contributed by atoms with van der Waals surface area (Å²) in [6, 6.07) is 27.2. The fraction of sp³-hybridized carbons (Fsp3) is 0.0323. The van der Waals surface area contributed by atoms with Gasteiger partial charge in [0.05, 0.1) is 0 Å². The average Bonchev–Trinajstić information content (AvgIpc) is 2.99. The molecule has 2 atom stereocenters. The maximum Gasteiger partial charge on any atom is 0.512 e. The lowest BCUT2D eigenvalue weighted by molar-refractivity contribution is -0.129. The maximum atomic E-state index is 14.5. The minimum Gasteiger partial charge on any atom is -0.443 e. The topological polar surface area (TPSA) is 107 Å². The molecule has 0 N–H and O–H groups in total. The molecule has 0 saturated heterocycles. The molecule has 41 heavy (non-hydrogen) atoms. The first-order valence-electron chi connectivity index (χ1n) is 12.2. The minimum absolute atomic E-state index is 0.125. The lowest BCUT2D eigenvalue weighted by Gasteiger charge is -2.28. The van der Waals surface area contributed by atoms with Crippen LogP contribution in [0, 0.1) is 0 Å². The van der Waals surface area contributed by atoms with Crippen LogP contribution >= 0.6 is 7.60 Å². The molecule has 9 nitrogen and oxygen atoms in total. The van der Waals surface area contributed by atoms with Gasteiger partial charge in [-0.05, 0) is 72.8 Å². The molecule has 0 saturated carbocycles. The van der Waals surface area contributed by atoms with Crippen molar-refractivity contribution in [3.63, 3.8) is 0 Å². The highest BCUT2D eigenvalue weighted by molar-refractivity contribution is 7.55. The molecule has 0 aromatic heterocycles. The molecule has 0 aliphatic rings. The molecule has 0 fully saturated rings. The lowest BCUT2D eigenvalue weighted by Crippen LogP contribution is -2.29. The Bertz CT molecular complexity index is 1520. The van der Waals surface area contributed by atoms with Crippen molar-refractivity contribution in [3.05, 3.63) is 135 Å². The minimum atomic E-state index is -4.36. The summed E-state index contributed by atoms with van der Waals surface area (Å²) in [6.07, 6.45) is 2.07.